The van der Waals surface area contributed by atoms with Gasteiger partial charge < -0.3 is 83.9 Å². The fourth-order valence-corrected chi connectivity index (χ4v) is 13.9. The van der Waals surface area contributed by atoms with Gasteiger partial charge in [0.05, 0.1) is 37.6 Å². The molecule has 9 N–H and O–H groups in total. The van der Waals surface area contributed by atoms with E-state index in [0.717, 1.165) is 44.9 Å². The van der Waals surface area contributed by atoms with Gasteiger partial charge in [0.15, 0.2) is 24.7 Å². The highest BCUT2D eigenvalue weighted by molar-refractivity contribution is 5.29. The standard InChI is InChI=1S/C45H72O17/c1-19-9-14-44(55-18-19)22(4)45(54)29(62-44)16-27-25-8-7-23-15-24(10-12-42(23,5)26(25)11-13-43(27,45)6)58-41-38(61-40-35(52)33(50)31(48)21(3)57-40)36(53)37(28(17-46)59-41)60-39-34(51)32(49)30(47)20(2)56-39/h7,19-22,24-41,46-54H,8-18H2,1-6H3/t19?,20-,21-,22+,24-,25?,26?,27?,28+,29-,30-,31-,32+,33+,34+,35+,36-,37+,38+,39-,40-,41+,42-,43-,44+,45+/m0/s1. The highest BCUT2D eigenvalue weighted by atomic mass is 16.8. The lowest BCUT2D eigenvalue weighted by Gasteiger charge is -2.60. The monoisotopic (exact) mass is 884 g/mol. The van der Waals surface area contributed by atoms with Crippen molar-refractivity contribution in [2.45, 2.75) is 215 Å². The Hall–Kier alpha value is -0.940. The van der Waals surface area contributed by atoms with Crippen molar-refractivity contribution in [1.29, 1.82) is 0 Å². The van der Waals surface area contributed by atoms with Crippen molar-refractivity contribution < 1.29 is 83.9 Å². The first-order valence-electron chi connectivity index (χ1n) is 23.3. The lowest BCUT2D eigenvalue weighted by Crippen LogP contribution is -2.66. The maximum absolute atomic E-state index is 12.8. The van der Waals surface area contributed by atoms with E-state index in [1.165, 1.54) is 19.4 Å². The van der Waals surface area contributed by atoms with Crippen molar-refractivity contribution in [3.05, 3.63) is 11.6 Å². The molecule has 17 nitrogen and oxygen atoms in total. The summed E-state index contributed by atoms with van der Waals surface area (Å²) < 4.78 is 49.8. The topological polar surface area (TPSA) is 256 Å². The number of aliphatic hydroxyl groups is 9. The average molecular weight is 885 g/mol. The molecular weight excluding hydrogens is 812 g/mol. The molecule has 8 fully saturated rings. The summed E-state index contributed by atoms with van der Waals surface area (Å²) in [5.74, 6) is 0.684. The first-order chi connectivity index (χ1) is 29.3. The molecule has 9 rings (SSSR count). The van der Waals surface area contributed by atoms with E-state index in [2.05, 4.69) is 33.8 Å². The van der Waals surface area contributed by atoms with Gasteiger partial charge in [0.25, 0.3) is 0 Å². The van der Waals surface area contributed by atoms with Crippen LogP contribution in [0.2, 0.25) is 0 Å². The Labute approximate surface area is 363 Å². The molecule has 26 atom stereocenters. The molecular formula is C45H72O17. The van der Waals surface area contributed by atoms with Crippen LogP contribution in [-0.4, -0.2) is 175 Å². The summed E-state index contributed by atoms with van der Waals surface area (Å²) in [6.45, 7) is 12.0. The van der Waals surface area contributed by atoms with Crippen molar-refractivity contribution in [1.82, 2.24) is 0 Å². The quantitative estimate of drug-likeness (QED) is 0.157. The zero-order valence-electron chi connectivity index (χ0n) is 36.8. The van der Waals surface area contributed by atoms with E-state index in [9.17, 15) is 46.0 Å². The van der Waals surface area contributed by atoms with Crippen LogP contribution in [0.3, 0.4) is 0 Å². The van der Waals surface area contributed by atoms with Crippen molar-refractivity contribution in [2.75, 3.05) is 13.2 Å². The van der Waals surface area contributed by atoms with Crippen LogP contribution >= 0.6 is 0 Å². The first-order valence-corrected chi connectivity index (χ1v) is 23.3. The number of hydrogen-bond donors (Lipinski definition) is 9. The summed E-state index contributed by atoms with van der Waals surface area (Å²) in [7, 11) is 0. The van der Waals surface area contributed by atoms with E-state index in [-0.39, 0.29) is 22.9 Å². The van der Waals surface area contributed by atoms with Gasteiger partial charge in [-0.2, -0.15) is 0 Å². The van der Waals surface area contributed by atoms with Gasteiger partial charge in [0.1, 0.15) is 66.6 Å². The molecule has 5 aliphatic heterocycles. The molecule has 0 bridgehead atoms. The molecule has 5 saturated heterocycles. The van der Waals surface area contributed by atoms with Crippen LogP contribution in [0, 0.1) is 40.4 Å². The Balaban J connectivity index is 0.924. The SMILES string of the molecule is CC1CC[C@@]2(OC1)O[C@H]1CC3C4CC=C5C[C@@H](O[C@@H]6O[C@H](CO)[C@@H](O[C@@H]7O[C@@H](C)[C@H](O)[C@@H](O)[C@H]7O)[C@H](O)[C@H]6O[C@@H]6O[C@@H](C)[C@H](O)[C@@H](O)[C@H]6O)CC[C@]5(C)C4CC[C@]3(C)[C@@]1(O)[C@@H]2C. The Morgan fingerprint density at radius 2 is 1.34 bits per heavy atom. The number of allylic oxidation sites excluding steroid dienone is 1. The predicted octanol–water partition coefficient (Wildman–Crippen LogP) is 0.357. The predicted molar refractivity (Wildman–Crippen MR) is 214 cm³/mol. The minimum atomic E-state index is -1.72. The van der Waals surface area contributed by atoms with Crippen LogP contribution in [-0.2, 0) is 37.9 Å². The summed E-state index contributed by atoms with van der Waals surface area (Å²) in [5, 5.41) is 98.7. The van der Waals surface area contributed by atoms with E-state index in [0.29, 0.717) is 43.1 Å². The van der Waals surface area contributed by atoms with Crippen LogP contribution in [0.4, 0.5) is 0 Å². The van der Waals surface area contributed by atoms with Gasteiger partial charge >= 0.3 is 0 Å². The van der Waals surface area contributed by atoms with Gasteiger partial charge in [-0.25, -0.2) is 0 Å². The van der Waals surface area contributed by atoms with E-state index >= 15 is 0 Å². The zero-order valence-corrected chi connectivity index (χ0v) is 36.8. The molecule has 0 radical (unpaired) electrons. The summed E-state index contributed by atoms with van der Waals surface area (Å²) in [6, 6.07) is 0. The van der Waals surface area contributed by atoms with Gasteiger partial charge in [-0.3, -0.25) is 0 Å². The summed E-state index contributed by atoms with van der Waals surface area (Å²) in [5.41, 5.74) is -0.108. The number of hydrogen-bond acceptors (Lipinski definition) is 17. The Morgan fingerprint density at radius 1 is 0.694 bits per heavy atom. The van der Waals surface area contributed by atoms with Crippen LogP contribution < -0.4 is 0 Å². The number of fused-ring (bicyclic) bond motifs is 7. The minimum absolute atomic E-state index is 0.112. The van der Waals surface area contributed by atoms with Crippen molar-refractivity contribution in [3.8, 4) is 0 Å². The molecule has 0 aromatic heterocycles. The van der Waals surface area contributed by atoms with Crippen LogP contribution in [0.25, 0.3) is 0 Å². The molecule has 354 valence electrons. The number of rotatable bonds is 7. The zero-order chi connectivity index (χ0) is 44.4. The summed E-state index contributed by atoms with van der Waals surface area (Å²) in [4.78, 5) is 0. The third-order valence-corrected chi connectivity index (χ3v) is 17.9. The Morgan fingerprint density at radius 3 is 1.95 bits per heavy atom. The fourth-order valence-electron chi connectivity index (χ4n) is 13.9. The highest BCUT2D eigenvalue weighted by Crippen LogP contribution is 2.72. The van der Waals surface area contributed by atoms with Crippen LogP contribution in [0.1, 0.15) is 99.3 Å². The Bertz CT molecular complexity index is 1640. The van der Waals surface area contributed by atoms with Gasteiger partial charge in [-0.05, 0) is 94.3 Å². The molecule has 0 aromatic carbocycles. The average Bonchev–Trinajstić information content (AvgIpc) is 3.60. The van der Waals surface area contributed by atoms with Crippen molar-refractivity contribution >= 4 is 0 Å². The van der Waals surface area contributed by atoms with E-state index in [1.807, 2.05) is 0 Å². The third-order valence-electron chi connectivity index (χ3n) is 17.9. The lowest BCUT2D eigenvalue weighted by atomic mass is 9.46. The second-order valence-electron chi connectivity index (χ2n) is 21.2. The van der Waals surface area contributed by atoms with Gasteiger partial charge in [0, 0.05) is 17.8 Å². The normalized spacial score (nSPS) is 58.9. The molecule has 3 saturated carbocycles. The highest BCUT2D eigenvalue weighted by Gasteiger charge is 2.76. The largest absolute Gasteiger partial charge is 0.394 e. The van der Waals surface area contributed by atoms with Gasteiger partial charge in [-0.1, -0.05) is 39.3 Å². The molecule has 4 unspecified atom stereocenters. The summed E-state index contributed by atoms with van der Waals surface area (Å²) in [6.07, 6.45) is -12.6. The number of ether oxygens (including phenoxy) is 8. The second-order valence-corrected chi connectivity index (χ2v) is 21.2. The molecule has 5 heterocycles. The maximum Gasteiger partial charge on any atom is 0.187 e. The molecule has 9 aliphatic rings. The Kier molecular flexibility index (Phi) is 12.4. The number of aliphatic hydroxyl groups excluding tert-OH is 8. The second kappa shape index (κ2) is 16.7. The van der Waals surface area contributed by atoms with E-state index < -0.39 is 116 Å². The third kappa shape index (κ3) is 7.05. The minimum Gasteiger partial charge on any atom is -0.394 e. The fraction of sp³-hybridized carbons (Fsp3) is 0.956. The summed E-state index contributed by atoms with van der Waals surface area (Å²) >= 11 is 0. The van der Waals surface area contributed by atoms with Crippen molar-refractivity contribution in [2.24, 2.45) is 40.4 Å². The van der Waals surface area contributed by atoms with Crippen molar-refractivity contribution in [3.63, 3.8) is 0 Å². The van der Waals surface area contributed by atoms with Gasteiger partial charge in [-0.15, -0.1) is 0 Å². The molecule has 1 spiro atoms. The first kappa shape index (κ1) is 46.2. The van der Waals surface area contributed by atoms with E-state index in [4.69, 9.17) is 37.9 Å². The maximum atomic E-state index is 12.8. The molecule has 0 aromatic rings. The van der Waals surface area contributed by atoms with Gasteiger partial charge in [0.2, 0.25) is 0 Å². The molecule has 4 aliphatic carbocycles. The molecule has 17 heteroatoms. The molecule has 0 amide bonds. The van der Waals surface area contributed by atoms with E-state index in [1.54, 1.807) is 0 Å². The molecule has 62 heavy (non-hydrogen) atoms. The van der Waals surface area contributed by atoms with Crippen LogP contribution in [0.5, 0.6) is 0 Å². The smallest absolute Gasteiger partial charge is 0.187 e. The van der Waals surface area contributed by atoms with Crippen LogP contribution in [0.15, 0.2) is 11.6 Å². The lowest BCUT2D eigenvalue weighted by molar-refractivity contribution is -0.388.